The molecule has 3 fully saturated rings. The molecule has 0 aromatic carbocycles. The Labute approximate surface area is 491 Å². The van der Waals surface area contributed by atoms with Crippen LogP contribution in [0.15, 0.2) is 110 Å². The zero-order chi connectivity index (χ0) is 60.4. The van der Waals surface area contributed by atoms with E-state index in [4.69, 9.17) is 14.2 Å². The molecule has 1 unspecified atom stereocenters. The molecule has 0 bridgehead atoms. The van der Waals surface area contributed by atoms with E-state index < -0.39 is 16.8 Å². The number of rotatable bonds is 15. The Bertz CT molecular complexity index is 2780. The number of amides is 3. The zero-order valence-electron chi connectivity index (χ0n) is 49.8. The van der Waals surface area contributed by atoms with Gasteiger partial charge in [0, 0.05) is 112 Å². The number of ketones is 3. The third-order valence-electron chi connectivity index (χ3n) is 13.4. The lowest BCUT2D eigenvalue weighted by atomic mass is 10.0. The average Bonchev–Trinajstić information content (AvgIpc) is 4.43. The Kier molecular flexibility index (Phi) is 21.9. The van der Waals surface area contributed by atoms with E-state index >= 15 is 0 Å². The number of Topliss-reactive ketones (excluding diaryl/α,β-unsaturated/α-hetero) is 3. The highest BCUT2D eigenvalue weighted by Gasteiger charge is 2.34. The van der Waals surface area contributed by atoms with Crippen molar-refractivity contribution < 1.29 is 43.0 Å². The van der Waals surface area contributed by atoms with Gasteiger partial charge in [-0.2, -0.15) is 30.6 Å². The van der Waals surface area contributed by atoms with Crippen LogP contribution in [0.2, 0.25) is 0 Å². The van der Waals surface area contributed by atoms with Crippen LogP contribution < -0.4 is 0 Å². The first kappa shape index (κ1) is 63.1. The number of nitrogens with zero attached hydrogens (tertiary/aromatic N) is 12. The number of hydrogen-bond acceptors (Lipinski definition) is 18. The van der Waals surface area contributed by atoms with Crippen LogP contribution in [0.4, 0.5) is 14.4 Å². The minimum atomic E-state index is -0.502. The first-order valence-corrected chi connectivity index (χ1v) is 28.6. The molecule has 0 N–H and O–H groups in total. The lowest BCUT2D eigenvalue weighted by Crippen LogP contribution is -2.35. The Hall–Kier alpha value is -8.49. The summed E-state index contributed by atoms with van der Waals surface area (Å²) in [5.41, 5.74) is 5.21. The number of likely N-dealkylation sites (tertiary alicyclic amines) is 3. The van der Waals surface area contributed by atoms with Gasteiger partial charge in [-0.3, -0.25) is 29.3 Å². The summed E-state index contributed by atoms with van der Waals surface area (Å²) in [5, 5.41) is 25.5. The summed E-state index contributed by atoms with van der Waals surface area (Å²) < 4.78 is 16.3. The molecule has 21 nitrogen and oxygen atoms in total. The molecule has 3 amide bonds. The fourth-order valence-corrected chi connectivity index (χ4v) is 9.44. The molecule has 3 aliphatic heterocycles. The Morgan fingerprint density at radius 2 is 0.631 bits per heavy atom. The van der Waals surface area contributed by atoms with E-state index in [9.17, 15) is 28.8 Å². The predicted molar refractivity (Wildman–Crippen MR) is 312 cm³/mol. The van der Waals surface area contributed by atoms with Crippen molar-refractivity contribution in [3.05, 3.63) is 161 Å². The van der Waals surface area contributed by atoms with Crippen LogP contribution in [-0.4, -0.2) is 152 Å². The highest BCUT2D eigenvalue weighted by Crippen LogP contribution is 2.30. The van der Waals surface area contributed by atoms with Gasteiger partial charge in [0.05, 0.1) is 53.4 Å². The van der Waals surface area contributed by atoms with Crippen molar-refractivity contribution in [3.63, 3.8) is 0 Å². The molecule has 0 spiro atoms. The molecule has 0 aliphatic carbocycles. The van der Waals surface area contributed by atoms with E-state index in [0.29, 0.717) is 56.4 Å². The molecular weight excluding hydrogens is 1070 g/mol. The number of pyridine rings is 3. The standard InChI is InChI=1S/3C21H26N4O3/c3*1-21(2,3)28-20(27)25-11-9-15(14-25)19-8-7-17(23-24-19)13-18(26)12-16-6-4-5-10-22-16/h3*4-8,10,15H,9,11-14H2,1-3H3/t2*15-;/m10./s1. The highest BCUT2D eigenvalue weighted by molar-refractivity contribution is 5.83. The van der Waals surface area contributed by atoms with Crippen LogP contribution in [0.3, 0.4) is 0 Å². The number of ether oxygens (including phenoxy) is 3. The Balaban J connectivity index is 0.000000181. The Morgan fingerprint density at radius 3 is 0.845 bits per heavy atom. The van der Waals surface area contributed by atoms with E-state index in [1.165, 1.54) is 0 Å². The van der Waals surface area contributed by atoms with Gasteiger partial charge in [-0.1, -0.05) is 18.2 Å². The average molecular weight is 1150 g/mol. The molecule has 0 saturated carbocycles. The normalized spacial score (nSPS) is 16.8. The highest BCUT2D eigenvalue weighted by atomic mass is 16.6. The van der Waals surface area contributed by atoms with Gasteiger partial charge in [-0.05, 0) is 154 Å². The Morgan fingerprint density at radius 1 is 0.369 bits per heavy atom. The second-order valence-electron chi connectivity index (χ2n) is 24.2. The van der Waals surface area contributed by atoms with Crippen LogP contribution in [0.25, 0.3) is 0 Å². The monoisotopic (exact) mass is 1150 g/mol. The van der Waals surface area contributed by atoms with E-state index in [1.807, 2.05) is 153 Å². The number of aromatic nitrogens is 9. The summed E-state index contributed by atoms with van der Waals surface area (Å²) in [6.07, 6.45) is 8.21. The van der Waals surface area contributed by atoms with Crippen molar-refractivity contribution in [2.45, 2.75) is 155 Å². The molecule has 21 heteroatoms. The van der Waals surface area contributed by atoms with E-state index in [0.717, 1.165) is 53.4 Å². The summed E-state index contributed by atoms with van der Waals surface area (Å²) >= 11 is 0. The molecule has 6 aromatic heterocycles. The second kappa shape index (κ2) is 29.2. The molecule has 0 radical (unpaired) electrons. The van der Waals surface area contributed by atoms with Gasteiger partial charge in [0.2, 0.25) is 0 Å². The van der Waals surface area contributed by atoms with Crippen molar-refractivity contribution in [1.29, 1.82) is 0 Å². The maximum Gasteiger partial charge on any atom is 0.410 e. The summed E-state index contributed by atoms with van der Waals surface area (Å²) in [5.74, 6) is 0.572. The lowest BCUT2D eigenvalue weighted by Gasteiger charge is -2.24. The molecule has 9 heterocycles. The fraction of sp³-hybridized carbons (Fsp3) is 0.476. The van der Waals surface area contributed by atoms with Crippen LogP contribution in [0, 0.1) is 0 Å². The van der Waals surface area contributed by atoms with E-state index in [-0.39, 0.29) is 91.9 Å². The van der Waals surface area contributed by atoms with Gasteiger partial charge in [-0.25, -0.2) is 14.4 Å². The minimum Gasteiger partial charge on any atom is -0.444 e. The smallest absolute Gasteiger partial charge is 0.410 e. The molecule has 3 atom stereocenters. The van der Waals surface area contributed by atoms with Crippen LogP contribution in [0.5, 0.6) is 0 Å². The van der Waals surface area contributed by atoms with Gasteiger partial charge >= 0.3 is 18.3 Å². The van der Waals surface area contributed by atoms with E-state index in [2.05, 4.69) is 45.5 Å². The van der Waals surface area contributed by atoms with Crippen molar-refractivity contribution in [1.82, 2.24) is 60.2 Å². The van der Waals surface area contributed by atoms with Crippen molar-refractivity contribution in [2.24, 2.45) is 0 Å². The van der Waals surface area contributed by atoms with Crippen LogP contribution in [0.1, 0.15) is 151 Å². The first-order chi connectivity index (χ1) is 39.9. The van der Waals surface area contributed by atoms with Crippen LogP contribution >= 0.6 is 0 Å². The van der Waals surface area contributed by atoms with Crippen LogP contribution in [-0.2, 0) is 67.1 Å². The second-order valence-corrected chi connectivity index (χ2v) is 24.2. The molecule has 3 saturated heterocycles. The molecular formula is C63H78N12O9. The maximum atomic E-state index is 12.2. The van der Waals surface area contributed by atoms with Gasteiger partial charge in [0.15, 0.2) is 0 Å². The van der Waals surface area contributed by atoms with Crippen molar-refractivity contribution in [2.75, 3.05) is 39.3 Å². The minimum absolute atomic E-state index is 0.0534. The maximum absolute atomic E-state index is 12.2. The molecule has 84 heavy (non-hydrogen) atoms. The number of carbonyl (C=O) groups excluding carboxylic acids is 6. The molecule has 9 rings (SSSR count). The topological polar surface area (TPSA) is 256 Å². The lowest BCUT2D eigenvalue weighted by molar-refractivity contribution is -0.118. The van der Waals surface area contributed by atoms with Gasteiger partial charge < -0.3 is 28.9 Å². The summed E-state index contributed by atoms with van der Waals surface area (Å²) in [6.45, 7) is 20.4. The SMILES string of the molecule is CC(C)(C)OC(=O)N1CCC(c2ccc(CC(=O)Cc3ccccn3)nn2)C1.CC(C)(C)OC(=O)N1CC[C@@H](c2ccc(CC(=O)Cc3ccccn3)nn2)C1.CC(C)(C)OC(=O)N1CC[C@H](c2ccc(CC(=O)Cc3ccccn3)nn2)C1. The molecule has 3 aliphatic rings. The summed E-state index contributed by atoms with van der Waals surface area (Å²) in [7, 11) is 0. The zero-order valence-corrected chi connectivity index (χ0v) is 49.8. The van der Waals surface area contributed by atoms with Crippen molar-refractivity contribution >= 4 is 35.6 Å². The van der Waals surface area contributed by atoms with Crippen molar-refractivity contribution in [3.8, 4) is 0 Å². The third kappa shape index (κ3) is 21.0. The summed E-state index contributed by atoms with van der Waals surface area (Å²) in [4.78, 5) is 90.8. The molecule has 6 aromatic rings. The largest absolute Gasteiger partial charge is 0.444 e. The van der Waals surface area contributed by atoms with Gasteiger partial charge in [-0.15, -0.1) is 0 Å². The summed E-state index contributed by atoms with van der Waals surface area (Å²) in [6, 6.07) is 27.8. The number of carbonyl (C=O) groups is 6. The quantitative estimate of drug-likeness (QED) is 0.0870. The fourth-order valence-electron chi connectivity index (χ4n) is 9.44. The molecule has 444 valence electrons. The van der Waals surface area contributed by atoms with Gasteiger partial charge in [0.1, 0.15) is 34.2 Å². The number of hydrogen-bond donors (Lipinski definition) is 0. The van der Waals surface area contributed by atoms with Gasteiger partial charge in [0.25, 0.3) is 0 Å². The first-order valence-electron chi connectivity index (χ1n) is 28.6. The predicted octanol–water partition coefficient (Wildman–Crippen LogP) is 8.85. The van der Waals surface area contributed by atoms with E-state index in [1.54, 1.807) is 33.3 Å². The third-order valence-corrected chi connectivity index (χ3v) is 13.4.